The van der Waals surface area contributed by atoms with Crippen LogP contribution < -0.4 is 0 Å². The molecule has 0 amide bonds. The van der Waals surface area contributed by atoms with Gasteiger partial charge in [-0.1, -0.05) is 6.92 Å². The molecule has 0 spiro atoms. The fourth-order valence-corrected chi connectivity index (χ4v) is 0.591. The van der Waals surface area contributed by atoms with Gasteiger partial charge in [-0.2, -0.15) is 5.10 Å². The minimum absolute atomic E-state index is 0.997. The van der Waals surface area contributed by atoms with Crippen LogP contribution >= 0.6 is 0 Å². The summed E-state index contributed by atoms with van der Waals surface area (Å²) in [4.78, 5) is 0. The van der Waals surface area contributed by atoms with Crippen LogP contribution in [0.1, 0.15) is 12.6 Å². The van der Waals surface area contributed by atoms with E-state index in [9.17, 15) is 0 Å². The Kier molecular flexibility index (Phi) is 1.33. The highest BCUT2D eigenvalue weighted by Crippen LogP contribution is 1.91. The van der Waals surface area contributed by atoms with Crippen molar-refractivity contribution < 1.29 is 0 Å². The van der Waals surface area contributed by atoms with Crippen LogP contribution in [0.25, 0.3) is 0 Å². The molecule has 0 atom stereocenters. The molecule has 0 N–H and O–H groups in total. The minimum atomic E-state index is 0.997. The van der Waals surface area contributed by atoms with Gasteiger partial charge in [0.1, 0.15) is 0 Å². The first kappa shape index (κ1) is 5.35. The molecule has 0 bridgehead atoms. The zero-order chi connectivity index (χ0) is 5.98. The molecule has 2 heteroatoms. The van der Waals surface area contributed by atoms with Gasteiger partial charge >= 0.3 is 0 Å². The molecular weight excluding hydrogens is 100 g/mol. The topological polar surface area (TPSA) is 17.8 Å². The molecule has 0 saturated carbocycles. The molecule has 0 saturated heterocycles. The zero-order valence-corrected chi connectivity index (χ0v) is 5.18. The molecule has 1 radical (unpaired) electrons. The van der Waals surface area contributed by atoms with Gasteiger partial charge in [0.25, 0.3) is 0 Å². The minimum Gasteiger partial charge on any atom is -0.266 e. The number of aromatic nitrogens is 2. The van der Waals surface area contributed by atoms with Crippen molar-refractivity contribution in [3.05, 3.63) is 18.0 Å². The van der Waals surface area contributed by atoms with Crippen LogP contribution in [-0.2, 0) is 13.5 Å². The Labute approximate surface area is 49.1 Å². The summed E-state index contributed by atoms with van der Waals surface area (Å²) in [6.45, 7) is 2.08. The lowest BCUT2D eigenvalue weighted by atomic mass is 10.4. The van der Waals surface area contributed by atoms with Gasteiger partial charge in [0, 0.05) is 7.05 Å². The predicted molar refractivity (Wildman–Crippen MR) is 31.4 cm³/mol. The van der Waals surface area contributed by atoms with Crippen LogP contribution in [0.15, 0.2) is 6.07 Å². The molecule has 8 heavy (non-hydrogen) atoms. The third-order valence-corrected chi connectivity index (χ3v) is 1.06. The van der Waals surface area contributed by atoms with Crippen LogP contribution in [-0.4, -0.2) is 9.78 Å². The van der Waals surface area contributed by atoms with E-state index in [1.807, 2.05) is 13.1 Å². The normalized spacial score (nSPS) is 9.75. The van der Waals surface area contributed by atoms with Gasteiger partial charge in [-0.3, -0.25) is 4.68 Å². The van der Waals surface area contributed by atoms with Crippen molar-refractivity contribution in [3.63, 3.8) is 0 Å². The van der Waals surface area contributed by atoms with Gasteiger partial charge in [0.2, 0.25) is 0 Å². The molecule has 0 aliphatic carbocycles. The van der Waals surface area contributed by atoms with Crippen molar-refractivity contribution in [2.45, 2.75) is 13.3 Å². The third-order valence-electron chi connectivity index (χ3n) is 1.06. The Morgan fingerprint density at radius 3 is 2.88 bits per heavy atom. The van der Waals surface area contributed by atoms with E-state index in [0.717, 1.165) is 12.1 Å². The third kappa shape index (κ3) is 0.886. The van der Waals surface area contributed by atoms with Crippen LogP contribution in [0.5, 0.6) is 0 Å². The Bertz CT molecular complexity index is 167. The number of hydrogen-bond donors (Lipinski definition) is 0. The lowest BCUT2D eigenvalue weighted by Gasteiger charge is -1.83. The summed E-state index contributed by atoms with van der Waals surface area (Å²) in [5.74, 6) is 0. The first-order chi connectivity index (χ1) is 3.83. The number of aryl methyl sites for hydroxylation is 2. The second-order valence-corrected chi connectivity index (χ2v) is 1.74. The maximum absolute atomic E-state index is 4.09. The summed E-state index contributed by atoms with van der Waals surface area (Å²) in [6, 6.07) is 1.90. The van der Waals surface area contributed by atoms with E-state index in [1.165, 1.54) is 0 Å². The van der Waals surface area contributed by atoms with E-state index in [-0.39, 0.29) is 0 Å². The molecule has 0 aromatic carbocycles. The van der Waals surface area contributed by atoms with Crippen LogP contribution in [0, 0.1) is 6.20 Å². The summed E-state index contributed by atoms with van der Waals surface area (Å²) >= 11 is 0. The standard InChI is InChI=1S/C6H9N2/c1-3-6-4-5-8(2)7-6/h4H,3H2,1-2H3. The van der Waals surface area contributed by atoms with Crippen LogP contribution in [0.3, 0.4) is 0 Å². The molecular formula is C6H9N2. The van der Waals surface area contributed by atoms with Gasteiger partial charge in [-0.05, 0) is 12.5 Å². The fourth-order valence-electron chi connectivity index (χ4n) is 0.591. The molecule has 0 unspecified atom stereocenters. The van der Waals surface area contributed by atoms with E-state index < -0.39 is 0 Å². The summed E-state index contributed by atoms with van der Waals surface area (Å²) in [7, 11) is 1.87. The van der Waals surface area contributed by atoms with E-state index in [4.69, 9.17) is 0 Å². The average molecular weight is 109 g/mol. The maximum atomic E-state index is 4.09. The SMILES string of the molecule is CCc1c[c]n(C)n1. The smallest absolute Gasteiger partial charge is 0.0862 e. The lowest BCUT2D eigenvalue weighted by Crippen LogP contribution is -1.88. The maximum Gasteiger partial charge on any atom is 0.0862 e. The van der Waals surface area contributed by atoms with Crippen molar-refractivity contribution in [2.24, 2.45) is 7.05 Å². The fraction of sp³-hybridized carbons (Fsp3) is 0.500. The van der Waals surface area contributed by atoms with Gasteiger partial charge in [0.05, 0.1) is 11.9 Å². The highest BCUT2D eigenvalue weighted by atomic mass is 15.2. The van der Waals surface area contributed by atoms with Crippen molar-refractivity contribution in [1.29, 1.82) is 0 Å². The number of nitrogens with zero attached hydrogens (tertiary/aromatic N) is 2. The Morgan fingerprint density at radius 2 is 2.62 bits per heavy atom. The van der Waals surface area contributed by atoms with Crippen molar-refractivity contribution >= 4 is 0 Å². The Balaban J connectivity index is 2.84. The molecule has 1 heterocycles. The second-order valence-electron chi connectivity index (χ2n) is 1.74. The van der Waals surface area contributed by atoms with Crippen molar-refractivity contribution in [1.82, 2.24) is 9.78 Å². The first-order valence-electron chi connectivity index (χ1n) is 2.73. The molecule has 1 aromatic heterocycles. The van der Waals surface area contributed by atoms with E-state index in [1.54, 1.807) is 4.68 Å². The molecule has 0 aliphatic rings. The highest BCUT2D eigenvalue weighted by molar-refractivity contribution is 4.95. The van der Waals surface area contributed by atoms with Crippen molar-refractivity contribution in [2.75, 3.05) is 0 Å². The lowest BCUT2D eigenvalue weighted by molar-refractivity contribution is 0.741. The summed E-state index contributed by atoms with van der Waals surface area (Å²) < 4.78 is 1.69. The predicted octanol–water partition coefficient (Wildman–Crippen LogP) is 0.783. The summed E-state index contributed by atoms with van der Waals surface area (Å²) in [5.41, 5.74) is 1.10. The van der Waals surface area contributed by atoms with Crippen molar-refractivity contribution in [3.8, 4) is 0 Å². The van der Waals surface area contributed by atoms with E-state index in [2.05, 4.69) is 18.2 Å². The Morgan fingerprint density at radius 1 is 1.88 bits per heavy atom. The average Bonchev–Trinajstić information content (AvgIpc) is 2.14. The summed E-state index contributed by atoms with van der Waals surface area (Å²) in [5, 5.41) is 4.09. The summed E-state index contributed by atoms with van der Waals surface area (Å²) in [6.07, 6.45) is 3.92. The van der Waals surface area contributed by atoms with Gasteiger partial charge in [-0.25, -0.2) is 0 Å². The molecule has 43 valence electrons. The van der Waals surface area contributed by atoms with Crippen LogP contribution in [0.2, 0.25) is 0 Å². The monoisotopic (exact) mass is 109 g/mol. The van der Waals surface area contributed by atoms with Gasteiger partial charge < -0.3 is 0 Å². The van der Waals surface area contributed by atoms with E-state index >= 15 is 0 Å². The quantitative estimate of drug-likeness (QED) is 0.521. The highest BCUT2D eigenvalue weighted by Gasteiger charge is 1.89. The van der Waals surface area contributed by atoms with Gasteiger partial charge in [0.15, 0.2) is 0 Å². The largest absolute Gasteiger partial charge is 0.266 e. The number of hydrogen-bond acceptors (Lipinski definition) is 1. The molecule has 0 aliphatic heterocycles. The first-order valence-corrected chi connectivity index (χ1v) is 2.73. The second kappa shape index (κ2) is 1.99. The molecule has 1 rings (SSSR count). The number of rotatable bonds is 1. The molecule has 2 nitrogen and oxygen atoms in total. The van der Waals surface area contributed by atoms with Gasteiger partial charge in [-0.15, -0.1) is 0 Å². The molecule has 0 fully saturated rings. The van der Waals surface area contributed by atoms with Crippen LogP contribution in [0.4, 0.5) is 0 Å². The zero-order valence-electron chi connectivity index (χ0n) is 5.18. The van der Waals surface area contributed by atoms with E-state index in [0.29, 0.717) is 0 Å². The molecule has 1 aromatic rings. The Hall–Kier alpha value is -0.790.